The van der Waals surface area contributed by atoms with E-state index in [0.717, 1.165) is 25.8 Å². The number of rotatable bonds is 6. The molecule has 0 spiro atoms. The third-order valence-corrected chi connectivity index (χ3v) is 8.21. The molecule has 3 heterocycles. The summed E-state index contributed by atoms with van der Waals surface area (Å²) in [4.78, 5) is 50.2. The molecule has 10 nitrogen and oxygen atoms in total. The predicted octanol–water partition coefficient (Wildman–Crippen LogP) is 1.18. The minimum atomic E-state index is -0.810. The van der Waals surface area contributed by atoms with Gasteiger partial charge in [0.05, 0.1) is 5.56 Å². The number of hydrogen-bond acceptors (Lipinski definition) is 7. The van der Waals surface area contributed by atoms with Crippen LogP contribution in [0.25, 0.3) is 0 Å². The Balaban J connectivity index is 1.13. The van der Waals surface area contributed by atoms with Crippen molar-refractivity contribution in [3.63, 3.8) is 0 Å². The number of fused-ring (bicyclic) bond motifs is 1. The number of nitrogens with one attached hydrogen (secondary N) is 4. The molecule has 1 saturated carbocycles. The summed E-state index contributed by atoms with van der Waals surface area (Å²) in [6.07, 6.45) is 2.25. The molecule has 200 valence electrons. The van der Waals surface area contributed by atoms with Gasteiger partial charge in [0.15, 0.2) is 0 Å². The maximum atomic E-state index is 15.3. The van der Waals surface area contributed by atoms with Gasteiger partial charge in [-0.05, 0) is 56.7 Å². The van der Waals surface area contributed by atoms with E-state index in [1.165, 1.54) is 11.0 Å². The molecule has 5 rings (SSSR count). The summed E-state index contributed by atoms with van der Waals surface area (Å²) in [6.45, 7) is 3.20. The average Bonchev–Trinajstić information content (AvgIpc) is 3.17. The van der Waals surface area contributed by atoms with Crippen LogP contribution in [0.1, 0.15) is 60.5 Å². The van der Waals surface area contributed by atoms with Crippen LogP contribution in [0.2, 0.25) is 0 Å². The molecule has 0 aromatic heterocycles. The highest BCUT2D eigenvalue weighted by molar-refractivity contribution is 6.05. The Morgan fingerprint density at radius 2 is 2.00 bits per heavy atom. The molecule has 1 aromatic carbocycles. The molecule has 11 heteroatoms. The standard InChI is InChI=1S/C26H34FN5O5/c1-13-7-18(28-2)23(29-10-13)16-8-17(9-16)37-26(36)30-11-14-3-4-15-12-32(25(35)21(15)22(14)27)19-5-6-20(33)31-24(19)34/h3-4,13,16-19,23,28-29H,5-12H2,1-2H3,(H,30,36)(H,31,33,34). The van der Waals surface area contributed by atoms with Crippen LogP contribution in [0.5, 0.6) is 0 Å². The van der Waals surface area contributed by atoms with Crippen molar-refractivity contribution >= 4 is 23.8 Å². The SMILES string of the molecule is CNC1CC(C)CNC1C1CC(OC(=O)NCc2ccc3c(c2F)C(=O)N(C2CCC(=O)NC2=O)C3)C1. The van der Waals surface area contributed by atoms with Crippen LogP contribution >= 0.6 is 0 Å². The smallest absolute Gasteiger partial charge is 0.407 e. The maximum Gasteiger partial charge on any atom is 0.407 e. The van der Waals surface area contributed by atoms with Crippen LogP contribution in [0.3, 0.4) is 0 Å². The number of nitrogens with zero attached hydrogens (tertiary/aromatic N) is 1. The monoisotopic (exact) mass is 515 g/mol. The molecule has 3 aliphatic heterocycles. The number of carbonyl (C=O) groups excluding carboxylic acids is 4. The normalized spacial score (nSPS) is 31.4. The summed E-state index contributed by atoms with van der Waals surface area (Å²) < 4.78 is 20.8. The van der Waals surface area contributed by atoms with Gasteiger partial charge in [0.1, 0.15) is 18.0 Å². The molecule has 1 aromatic rings. The molecule has 4 amide bonds. The highest BCUT2D eigenvalue weighted by Gasteiger charge is 2.43. The number of halogens is 1. The molecule has 4 aliphatic rings. The number of piperidine rings is 2. The molecule has 2 saturated heterocycles. The third kappa shape index (κ3) is 5.06. The van der Waals surface area contributed by atoms with E-state index >= 15 is 4.39 Å². The van der Waals surface area contributed by atoms with Crippen LogP contribution in [-0.2, 0) is 27.4 Å². The number of imide groups is 1. The van der Waals surface area contributed by atoms with Crippen molar-refractivity contribution in [3.8, 4) is 0 Å². The molecular weight excluding hydrogens is 481 g/mol. The lowest BCUT2D eigenvalue weighted by Gasteiger charge is -2.46. The zero-order valence-corrected chi connectivity index (χ0v) is 21.1. The quantitative estimate of drug-likeness (QED) is 0.419. The topological polar surface area (TPSA) is 129 Å². The van der Waals surface area contributed by atoms with Crippen molar-refractivity contribution in [2.24, 2.45) is 11.8 Å². The summed E-state index contributed by atoms with van der Waals surface area (Å²) in [5.41, 5.74) is 0.551. The van der Waals surface area contributed by atoms with Crippen molar-refractivity contribution in [2.75, 3.05) is 13.6 Å². The van der Waals surface area contributed by atoms with Crippen molar-refractivity contribution in [2.45, 2.75) is 76.3 Å². The number of ether oxygens (including phenoxy) is 1. The van der Waals surface area contributed by atoms with E-state index in [2.05, 4.69) is 28.2 Å². The van der Waals surface area contributed by atoms with Gasteiger partial charge in [-0.3, -0.25) is 19.7 Å². The molecule has 37 heavy (non-hydrogen) atoms. The molecule has 0 bridgehead atoms. The fourth-order valence-electron chi connectivity index (χ4n) is 6.08. The van der Waals surface area contributed by atoms with Crippen molar-refractivity contribution < 1.29 is 28.3 Å². The summed E-state index contributed by atoms with van der Waals surface area (Å²) in [5.74, 6) is -1.15. The van der Waals surface area contributed by atoms with E-state index < -0.39 is 29.8 Å². The highest BCUT2D eigenvalue weighted by Crippen LogP contribution is 2.36. The number of hydrogen-bond donors (Lipinski definition) is 4. The maximum absolute atomic E-state index is 15.3. The van der Waals surface area contributed by atoms with E-state index in [0.29, 0.717) is 29.5 Å². The van der Waals surface area contributed by atoms with E-state index in [1.807, 2.05) is 7.05 Å². The summed E-state index contributed by atoms with van der Waals surface area (Å²) in [5, 5.41) is 11.9. The fraction of sp³-hybridized carbons (Fsp3) is 0.615. The fourth-order valence-corrected chi connectivity index (χ4v) is 6.08. The molecule has 4 N–H and O–H groups in total. The first-order valence-electron chi connectivity index (χ1n) is 13.0. The minimum absolute atomic E-state index is 0.0902. The molecule has 4 atom stereocenters. The number of alkyl carbamates (subject to hydrolysis) is 1. The average molecular weight is 516 g/mol. The Morgan fingerprint density at radius 3 is 2.73 bits per heavy atom. The largest absolute Gasteiger partial charge is 0.446 e. The van der Waals surface area contributed by atoms with E-state index in [-0.39, 0.29) is 49.1 Å². The lowest BCUT2D eigenvalue weighted by molar-refractivity contribution is -0.136. The predicted molar refractivity (Wildman–Crippen MR) is 131 cm³/mol. The molecular formula is C26H34FN5O5. The van der Waals surface area contributed by atoms with Gasteiger partial charge in [-0.15, -0.1) is 0 Å². The van der Waals surface area contributed by atoms with E-state index in [1.54, 1.807) is 6.07 Å². The highest BCUT2D eigenvalue weighted by atomic mass is 19.1. The summed E-state index contributed by atoms with van der Waals surface area (Å²) in [6, 6.07) is 3.12. The summed E-state index contributed by atoms with van der Waals surface area (Å²) >= 11 is 0. The van der Waals surface area contributed by atoms with Crippen LogP contribution in [0.4, 0.5) is 9.18 Å². The van der Waals surface area contributed by atoms with Crippen LogP contribution < -0.4 is 21.3 Å². The lowest BCUT2D eigenvalue weighted by atomic mass is 9.72. The van der Waals surface area contributed by atoms with Gasteiger partial charge in [0, 0.05) is 37.2 Å². The van der Waals surface area contributed by atoms with Crippen LogP contribution in [-0.4, -0.2) is 66.5 Å². The van der Waals surface area contributed by atoms with Gasteiger partial charge < -0.3 is 25.6 Å². The second-order valence-electron chi connectivity index (χ2n) is 10.8. The number of carbonyl (C=O) groups is 4. The van der Waals surface area contributed by atoms with E-state index in [4.69, 9.17) is 4.74 Å². The summed E-state index contributed by atoms with van der Waals surface area (Å²) in [7, 11) is 1.98. The van der Waals surface area contributed by atoms with Crippen molar-refractivity contribution in [1.29, 1.82) is 0 Å². The van der Waals surface area contributed by atoms with E-state index in [9.17, 15) is 19.2 Å². The zero-order valence-electron chi connectivity index (χ0n) is 21.1. The van der Waals surface area contributed by atoms with Crippen LogP contribution in [0.15, 0.2) is 12.1 Å². The Kier molecular flexibility index (Phi) is 7.17. The van der Waals surface area contributed by atoms with Gasteiger partial charge >= 0.3 is 6.09 Å². The van der Waals surface area contributed by atoms with Crippen LogP contribution in [0, 0.1) is 17.7 Å². The Morgan fingerprint density at radius 1 is 1.22 bits per heavy atom. The molecule has 4 unspecified atom stereocenters. The Hall–Kier alpha value is -3.05. The first-order chi connectivity index (χ1) is 17.7. The van der Waals surface area contributed by atoms with Gasteiger partial charge in [-0.1, -0.05) is 19.1 Å². The molecule has 1 aliphatic carbocycles. The first kappa shape index (κ1) is 25.6. The van der Waals surface area contributed by atoms with Gasteiger partial charge in [-0.2, -0.15) is 0 Å². The second-order valence-corrected chi connectivity index (χ2v) is 10.8. The zero-order chi connectivity index (χ0) is 26.3. The number of likely N-dealkylation sites (N-methyl/N-ethyl adjacent to an activating group) is 1. The van der Waals surface area contributed by atoms with Gasteiger partial charge in [0.2, 0.25) is 11.8 Å². The van der Waals surface area contributed by atoms with Gasteiger partial charge in [0.25, 0.3) is 5.91 Å². The number of benzene rings is 1. The van der Waals surface area contributed by atoms with Crippen molar-refractivity contribution in [1.82, 2.24) is 26.2 Å². The Labute approximate surface area is 215 Å². The van der Waals surface area contributed by atoms with Gasteiger partial charge in [-0.25, -0.2) is 9.18 Å². The molecule has 0 radical (unpaired) electrons. The lowest BCUT2D eigenvalue weighted by Crippen LogP contribution is -2.60. The van der Waals surface area contributed by atoms with Crippen molar-refractivity contribution in [3.05, 3.63) is 34.6 Å². The second kappa shape index (κ2) is 10.4. The Bertz CT molecular complexity index is 1110. The number of amides is 4. The third-order valence-electron chi connectivity index (χ3n) is 8.21. The first-order valence-corrected chi connectivity index (χ1v) is 13.0. The molecule has 3 fully saturated rings. The minimum Gasteiger partial charge on any atom is -0.446 e.